The highest BCUT2D eigenvalue weighted by atomic mass is 16.5. The van der Waals surface area contributed by atoms with Crippen molar-refractivity contribution in [3.63, 3.8) is 0 Å². The second-order valence-electron chi connectivity index (χ2n) is 10.5. The Morgan fingerprint density at radius 1 is 0.727 bits per heavy atom. The number of carbonyl (C=O) groups excluding carboxylic acids is 1. The van der Waals surface area contributed by atoms with E-state index in [1.165, 1.54) is 0 Å². The minimum absolute atomic E-state index is 0.274. The smallest absolute Gasteiger partial charge is 0.271 e. The molecule has 0 saturated heterocycles. The molecule has 6 aromatic rings. The second-order valence-corrected chi connectivity index (χ2v) is 10.5. The number of hydrogen-bond donors (Lipinski definition) is 1. The van der Waals surface area contributed by atoms with E-state index in [0.717, 1.165) is 56.6 Å². The van der Waals surface area contributed by atoms with Crippen molar-refractivity contribution in [2.45, 2.75) is 20.8 Å². The van der Waals surface area contributed by atoms with Crippen molar-refractivity contribution in [2.24, 2.45) is 5.10 Å². The van der Waals surface area contributed by atoms with Gasteiger partial charge < -0.3 is 13.9 Å². The normalized spacial score (nSPS) is 11.2. The summed E-state index contributed by atoms with van der Waals surface area (Å²) < 4.78 is 10.1. The van der Waals surface area contributed by atoms with Crippen LogP contribution in [0.25, 0.3) is 33.9 Å². The van der Waals surface area contributed by atoms with Crippen LogP contribution < -0.4 is 10.2 Å². The minimum Gasteiger partial charge on any atom is -0.494 e. The third-order valence-corrected chi connectivity index (χ3v) is 7.58. The standard InChI is InChI=1S/C38H34N4O2/c1-4-44-35-23-21-34(22-24-35)42-36(29-11-7-5-8-12-29)25-32(37(42)30-13-9-6-10-14-30)26-39-40-38(43)31-17-19-33(20-18-31)41-27(2)15-16-28(41)3/h5-26H,4H2,1-3H3,(H,40,43)/b39-26-. The van der Waals surface area contributed by atoms with Gasteiger partial charge in [0.15, 0.2) is 0 Å². The third kappa shape index (κ3) is 5.83. The van der Waals surface area contributed by atoms with Gasteiger partial charge in [-0.3, -0.25) is 4.79 Å². The summed E-state index contributed by atoms with van der Waals surface area (Å²) in [7, 11) is 0. The monoisotopic (exact) mass is 578 g/mol. The Labute approximate surface area is 257 Å². The average molecular weight is 579 g/mol. The van der Waals surface area contributed by atoms with Crippen molar-refractivity contribution in [1.82, 2.24) is 14.6 Å². The number of hydrogen-bond acceptors (Lipinski definition) is 3. The van der Waals surface area contributed by atoms with E-state index in [-0.39, 0.29) is 5.91 Å². The molecule has 1 N–H and O–H groups in total. The van der Waals surface area contributed by atoms with Gasteiger partial charge in [0, 0.05) is 33.9 Å². The van der Waals surface area contributed by atoms with Gasteiger partial charge in [-0.25, -0.2) is 5.43 Å². The van der Waals surface area contributed by atoms with E-state index in [0.29, 0.717) is 12.2 Å². The molecule has 0 fully saturated rings. The van der Waals surface area contributed by atoms with Crippen LogP contribution in [-0.4, -0.2) is 27.9 Å². The van der Waals surface area contributed by atoms with E-state index in [1.807, 2.05) is 79.7 Å². The third-order valence-electron chi connectivity index (χ3n) is 7.58. The molecular weight excluding hydrogens is 544 g/mol. The van der Waals surface area contributed by atoms with Gasteiger partial charge in [0.05, 0.1) is 24.2 Å². The molecule has 0 aliphatic carbocycles. The summed E-state index contributed by atoms with van der Waals surface area (Å²) in [6.45, 7) is 6.72. The average Bonchev–Trinajstić information content (AvgIpc) is 3.61. The molecule has 44 heavy (non-hydrogen) atoms. The summed E-state index contributed by atoms with van der Waals surface area (Å²) >= 11 is 0. The summed E-state index contributed by atoms with van der Waals surface area (Å²) in [4.78, 5) is 13.1. The number of amides is 1. The summed E-state index contributed by atoms with van der Waals surface area (Å²) in [6.07, 6.45) is 1.72. The summed E-state index contributed by atoms with van der Waals surface area (Å²) in [5, 5.41) is 4.42. The molecule has 4 aromatic carbocycles. The molecule has 0 bridgehead atoms. The van der Waals surface area contributed by atoms with Crippen LogP contribution in [0, 0.1) is 13.8 Å². The molecule has 0 aliphatic heterocycles. The van der Waals surface area contributed by atoms with Gasteiger partial charge in [0.25, 0.3) is 5.91 Å². The van der Waals surface area contributed by atoms with Crippen molar-refractivity contribution < 1.29 is 9.53 Å². The van der Waals surface area contributed by atoms with Gasteiger partial charge in [0.1, 0.15) is 5.75 Å². The maximum atomic E-state index is 13.1. The maximum absolute atomic E-state index is 13.1. The lowest BCUT2D eigenvalue weighted by Gasteiger charge is -2.15. The van der Waals surface area contributed by atoms with Gasteiger partial charge in [-0.2, -0.15) is 5.10 Å². The highest BCUT2D eigenvalue weighted by molar-refractivity contribution is 5.97. The second kappa shape index (κ2) is 12.7. The molecule has 6 heteroatoms. The Hall–Kier alpha value is -5.62. The van der Waals surface area contributed by atoms with Crippen LogP contribution in [0.1, 0.15) is 34.2 Å². The molecule has 0 atom stereocenters. The quantitative estimate of drug-likeness (QED) is 0.138. The Morgan fingerprint density at radius 3 is 1.91 bits per heavy atom. The Morgan fingerprint density at radius 2 is 1.30 bits per heavy atom. The lowest BCUT2D eigenvalue weighted by Crippen LogP contribution is -2.17. The number of ether oxygens (including phenoxy) is 1. The molecule has 1 amide bonds. The fraction of sp³-hybridized carbons (Fsp3) is 0.105. The van der Waals surface area contributed by atoms with Crippen molar-refractivity contribution in [3.8, 4) is 39.6 Å². The predicted octanol–water partition coefficient (Wildman–Crippen LogP) is 8.38. The summed E-state index contributed by atoms with van der Waals surface area (Å²) in [6, 6.07) is 42.4. The molecule has 2 aromatic heterocycles. The van der Waals surface area contributed by atoms with Crippen molar-refractivity contribution >= 4 is 12.1 Å². The van der Waals surface area contributed by atoms with E-state index in [2.05, 4.69) is 88.1 Å². The zero-order valence-corrected chi connectivity index (χ0v) is 25.1. The van der Waals surface area contributed by atoms with Crippen LogP contribution in [0.3, 0.4) is 0 Å². The molecule has 6 nitrogen and oxygen atoms in total. The predicted molar refractivity (Wildman–Crippen MR) is 178 cm³/mol. The first-order valence-electron chi connectivity index (χ1n) is 14.7. The maximum Gasteiger partial charge on any atom is 0.271 e. The largest absolute Gasteiger partial charge is 0.494 e. The number of aryl methyl sites for hydroxylation is 2. The van der Waals surface area contributed by atoms with Gasteiger partial charge >= 0.3 is 0 Å². The molecule has 0 radical (unpaired) electrons. The van der Waals surface area contributed by atoms with E-state index in [1.54, 1.807) is 6.21 Å². The number of hydrazone groups is 1. The number of rotatable bonds is 9. The molecule has 6 rings (SSSR count). The minimum atomic E-state index is -0.274. The van der Waals surface area contributed by atoms with Crippen LogP contribution in [-0.2, 0) is 0 Å². The van der Waals surface area contributed by atoms with Crippen molar-refractivity contribution in [1.29, 1.82) is 0 Å². The number of aromatic nitrogens is 2. The van der Waals surface area contributed by atoms with Gasteiger partial charge in [-0.15, -0.1) is 0 Å². The molecule has 0 saturated carbocycles. The molecule has 218 valence electrons. The zero-order chi connectivity index (χ0) is 30.5. The summed E-state index contributed by atoms with van der Waals surface area (Å²) in [5.74, 6) is 0.548. The number of benzene rings is 4. The van der Waals surface area contributed by atoms with Crippen molar-refractivity contribution in [3.05, 3.63) is 150 Å². The Bertz CT molecular complexity index is 1880. The van der Waals surface area contributed by atoms with E-state index >= 15 is 0 Å². The lowest BCUT2D eigenvalue weighted by molar-refractivity contribution is 0.0955. The summed E-state index contributed by atoms with van der Waals surface area (Å²) in [5.41, 5.74) is 12.5. The van der Waals surface area contributed by atoms with E-state index in [4.69, 9.17) is 4.74 Å². The highest BCUT2D eigenvalue weighted by Gasteiger charge is 2.19. The molecule has 2 heterocycles. The lowest BCUT2D eigenvalue weighted by atomic mass is 10.1. The number of carbonyl (C=O) groups is 1. The SMILES string of the molecule is CCOc1ccc(-n2c(-c3ccccc3)cc(/C=N\NC(=O)c3ccc(-n4c(C)ccc4C)cc3)c2-c2ccccc2)cc1. The van der Waals surface area contributed by atoms with Crippen LogP contribution >= 0.6 is 0 Å². The van der Waals surface area contributed by atoms with Gasteiger partial charge in [-0.1, -0.05) is 60.7 Å². The fourth-order valence-corrected chi connectivity index (χ4v) is 5.53. The number of nitrogens with one attached hydrogen (secondary N) is 1. The first kappa shape index (κ1) is 28.5. The first-order chi connectivity index (χ1) is 21.5. The molecule has 0 spiro atoms. The van der Waals surface area contributed by atoms with Gasteiger partial charge in [0.2, 0.25) is 0 Å². The van der Waals surface area contributed by atoms with Crippen LogP contribution in [0.5, 0.6) is 5.75 Å². The molecule has 0 aliphatic rings. The first-order valence-corrected chi connectivity index (χ1v) is 14.7. The van der Waals surface area contributed by atoms with E-state index < -0.39 is 0 Å². The Balaban J connectivity index is 1.36. The zero-order valence-electron chi connectivity index (χ0n) is 25.1. The van der Waals surface area contributed by atoms with Crippen LogP contribution in [0.15, 0.2) is 132 Å². The van der Waals surface area contributed by atoms with E-state index in [9.17, 15) is 4.79 Å². The van der Waals surface area contributed by atoms with Gasteiger partial charge in [-0.05, 0) is 98.6 Å². The molecule has 0 unspecified atom stereocenters. The van der Waals surface area contributed by atoms with Crippen molar-refractivity contribution in [2.75, 3.05) is 6.61 Å². The number of nitrogens with zero attached hydrogens (tertiary/aromatic N) is 3. The van der Waals surface area contributed by atoms with Crippen LogP contribution in [0.2, 0.25) is 0 Å². The van der Waals surface area contributed by atoms with Crippen LogP contribution in [0.4, 0.5) is 0 Å². The topological polar surface area (TPSA) is 60.5 Å². The molecular formula is C38H34N4O2. The Kier molecular flexibility index (Phi) is 8.23. The highest BCUT2D eigenvalue weighted by Crippen LogP contribution is 2.36. The fourth-order valence-electron chi connectivity index (χ4n) is 5.53.